The lowest BCUT2D eigenvalue weighted by Gasteiger charge is -2.10. The number of carbonyl (C=O) groups is 1. The van der Waals surface area contributed by atoms with E-state index in [4.69, 9.17) is 27.9 Å². The summed E-state index contributed by atoms with van der Waals surface area (Å²) in [6.07, 6.45) is 0. The SMILES string of the molecule is COC(=O)c1cccc(NCc2ccc(Sc3ccc(Cl)c(Cl)c3)c([N+](=O)[O-])c2)c1. The third kappa shape index (κ3) is 5.44. The maximum atomic E-state index is 11.6. The van der Waals surface area contributed by atoms with Crippen LogP contribution in [0, 0.1) is 10.1 Å². The van der Waals surface area contributed by atoms with Crippen molar-refractivity contribution in [2.45, 2.75) is 16.3 Å². The largest absolute Gasteiger partial charge is 0.465 e. The molecule has 0 unspecified atom stereocenters. The van der Waals surface area contributed by atoms with E-state index in [9.17, 15) is 14.9 Å². The molecule has 0 aliphatic rings. The van der Waals surface area contributed by atoms with Gasteiger partial charge in [-0.1, -0.05) is 47.1 Å². The Bertz CT molecular complexity index is 1110. The average molecular weight is 463 g/mol. The summed E-state index contributed by atoms with van der Waals surface area (Å²) in [5, 5.41) is 15.6. The van der Waals surface area contributed by atoms with Crippen LogP contribution in [-0.2, 0) is 11.3 Å². The van der Waals surface area contributed by atoms with Gasteiger partial charge in [0.1, 0.15) is 0 Å². The zero-order valence-electron chi connectivity index (χ0n) is 15.7. The first-order valence-corrected chi connectivity index (χ1v) is 10.3. The average Bonchev–Trinajstić information content (AvgIpc) is 2.75. The Morgan fingerprint density at radius 1 is 1.10 bits per heavy atom. The summed E-state index contributed by atoms with van der Waals surface area (Å²) in [4.78, 5) is 24.1. The summed E-state index contributed by atoms with van der Waals surface area (Å²) in [5.74, 6) is -0.432. The van der Waals surface area contributed by atoms with E-state index in [2.05, 4.69) is 5.32 Å². The predicted octanol–water partition coefficient (Wildman–Crippen LogP) is 6.45. The van der Waals surface area contributed by atoms with Gasteiger partial charge in [-0.25, -0.2) is 4.79 Å². The number of ether oxygens (including phenoxy) is 1. The summed E-state index contributed by atoms with van der Waals surface area (Å²) in [5.41, 5.74) is 1.84. The van der Waals surface area contributed by atoms with Crippen LogP contribution >= 0.6 is 35.0 Å². The summed E-state index contributed by atoms with van der Waals surface area (Å²) in [6, 6.07) is 17.0. The highest BCUT2D eigenvalue weighted by Crippen LogP contribution is 2.37. The summed E-state index contributed by atoms with van der Waals surface area (Å²) >= 11 is 13.2. The molecular formula is C21H16Cl2N2O4S. The molecule has 0 saturated carbocycles. The van der Waals surface area contributed by atoms with Gasteiger partial charge in [0.25, 0.3) is 5.69 Å². The topological polar surface area (TPSA) is 81.5 Å². The zero-order valence-corrected chi connectivity index (χ0v) is 18.1. The molecule has 0 amide bonds. The van der Waals surface area contributed by atoms with E-state index in [1.165, 1.54) is 24.9 Å². The van der Waals surface area contributed by atoms with Crippen LogP contribution in [0.5, 0.6) is 0 Å². The molecule has 3 aromatic rings. The van der Waals surface area contributed by atoms with Crippen LogP contribution in [0.2, 0.25) is 10.0 Å². The number of rotatable bonds is 7. The standard InChI is InChI=1S/C21H16Cl2N2O4S/c1-29-21(26)14-3-2-4-15(10-14)24-12-13-5-8-20(19(9-13)25(27)28)30-16-6-7-17(22)18(23)11-16/h2-11,24H,12H2,1H3. The fourth-order valence-corrected chi connectivity index (χ4v) is 3.95. The van der Waals surface area contributed by atoms with Gasteiger partial charge in [0.15, 0.2) is 0 Å². The molecule has 1 N–H and O–H groups in total. The molecule has 30 heavy (non-hydrogen) atoms. The predicted molar refractivity (Wildman–Crippen MR) is 119 cm³/mol. The number of nitrogens with zero attached hydrogens (tertiary/aromatic N) is 1. The monoisotopic (exact) mass is 462 g/mol. The molecule has 0 aliphatic heterocycles. The van der Waals surface area contributed by atoms with Gasteiger partial charge >= 0.3 is 5.97 Å². The van der Waals surface area contributed by atoms with Gasteiger partial charge in [0.05, 0.1) is 32.5 Å². The number of anilines is 1. The van der Waals surface area contributed by atoms with E-state index in [0.29, 0.717) is 32.7 Å². The van der Waals surface area contributed by atoms with Crippen LogP contribution in [0.3, 0.4) is 0 Å². The highest BCUT2D eigenvalue weighted by molar-refractivity contribution is 7.99. The molecule has 0 aliphatic carbocycles. The van der Waals surface area contributed by atoms with Crippen molar-refractivity contribution in [3.63, 3.8) is 0 Å². The number of benzene rings is 3. The molecule has 0 fully saturated rings. The third-order valence-electron chi connectivity index (χ3n) is 4.12. The number of methoxy groups -OCH3 is 1. The van der Waals surface area contributed by atoms with Crippen molar-refractivity contribution in [3.8, 4) is 0 Å². The fraction of sp³-hybridized carbons (Fsp3) is 0.0952. The Morgan fingerprint density at radius 3 is 2.60 bits per heavy atom. The van der Waals surface area contributed by atoms with E-state index in [-0.39, 0.29) is 5.69 Å². The normalized spacial score (nSPS) is 10.5. The molecule has 3 aromatic carbocycles. The minimum atomic E-state index is -0.432. The third-order valence-corrected chi connectivity index (χ3v) is 5.91. The lowest BCUT2D eigenvalue weighted by atomic mass is 10.1. The van der Waals surface area contributed by atoms with Gasteiger partial charge in [-0.3, -0.25) is 10.1 Å². The molecule has 9 heteroatoms. The molecule has 0 bridgehead atoms. The Balaban J connectivity index is 1.77. The van der Waals surface area contributed by atoms with Crippen molar-refractivity contribution in [1.82, 2.24) is 0 Å². The number of carbonyl (C=O) groups excluding carboxylic acids is 1. The van der Waals surface area contributed by atoms with Gasteiger partial charge in [-0.2, -0.15) is 0 Å². The number of hydrogen-bond acceptors (Lipinski definition) is 6. The number of nitro benzene ring substituents is 1. The van der Waals surface area contributed by atoms with E-state index in [1.807, 2.05) is 6.07 Å². The minimum Gasteiger partial charge on any atom is -0.465 e. The first kappa shape index (κ1) is 22.0. The summed E-state index contributed by atoms with van der Waals surface area (Å²) in [6.45, 7) is 0.350. The molecular weight excluding hydrogens is 447 g/mol. The van der Waals surface area contributed by atoms with E-state index >= 15 is 0 Å². The maximum absolute atomic E-state index is 11.6. The molecule has 0 radical (unpaired) electrons. The van der Waals surface area contributed by atoms with Crippen LogP contribution in [0.15, 0.2) is 70.5 Å². The molecule has 6 nitrogen and oxygen atoms in total. The molecule has 0 spiro atoms. The van der Waals surface area contributed by atoms with Crippen molar-refractivity contribution >= 4 is 52.3 Å². The first-order chi connectivity index (χ1) is 14.4. The highest BCUT2D eigenvalue weighted by Gasteiger charge is 2.16. The summed E-state index contributed by atoms with van der Waals surface area (Å²) in [7, 11) is 1.32. The van der Waals surface area contributed by atoms with Gasteiger partial charge in [-0.15, -0.1) is 0 Å². The van der Waals surface area contributed by atoms with Crippen LogP contribution in [0.25, 0.3) is 0 Å². The molecule has 0 heterocycles. The van der Waals surface area contributed by atoms with Gasteiger partial charge in [0, 0.05) is 23.2 Å². The van der Waals surface area contributed by atoms with Crippen LogP contribution in [-0.4, -0.2) is 18.0 Å². The van der Waals surface area contributed by atoms with Crippen molar-refractivity contribution < 1.29 is 14.5 Å². The second-order valence-electron chi connectivity index (χ2n) is 6.16. The van der Waals surface area contributed by atoms with E-state index < -0.39 is 10.9 Å². The maximum Gasteiger partial charge on any atom is 0.337 e. The number of nitrogens with one attached hydrogen (secondary N) is 1. The molecule has 0 atom stereocenters. The van der Waals surface area contributed by atoms with Crippen molar-refractivity contribution in [1.29, 1.82) is 0 Å². The van der Waals surface area contributed by atoms with Gasteiger partial charge in [0.2, 0.25) is 0 Å². The van der Waals surface area contributed by atoms with Crippen molar-refractivity contribution in [3.05, 3.63) is 92.0 Å². The lowest BCUT2D eigenvalue weighted by Crippen LogP contribution is -2.04. The molecule has 154 valence electrons. The van der Waals surface area contributed by atoms with Crippen LogP contribution < -0.4 is 5.32 Å². The minimum absolute atomic E-state index is 0.00585. The fourth-order valence-electron chi connectivity index (χ4n) is 2.65. The second-order valence-corrected chi connectivity index (χ2v) is 8.09. The first-order valence-electron chi connectivity index (χ1n) is 8.70. The zero-order chi connectivity index (χ0) is 21.7. The molecule has 0 saturated heterocycles. The molecule has 3 rings (SSSR count). The van der Waals surface area contributed by atoms with E-state index in [1.54, 1.807) is 48.5 Å². The van der Waals surface area contributed by atoms with Gasteiger partial charge in [-0.05, 0) is 48.0 Å². The number of halogens is 2. The van der Waals surface area contributed by atoms with Crippen LogP contribution in [0.4, 0.5) is 11.4 Å². The van der Waals surface area contributed by atoms with Crippen LogP contribution in [0.1, 0.15) is 15.9 Å². The Labute approximate surface area is 187 Å². The Morgan fingerprint density at radius 2 is 1.90 bits per heavy atom. The lowest BCUT2D eigenvalue weighted by molar-refractivity contribution is -0.387. The Hall–Kier alpha value is -2.74. The number of nitro groups is 1. The van der Waals surface area contributed by atoms with E-state index in [0.717, 1.165) is 10.5 Å². The van der Waals surface area contributed by atoms with Gasteiger partial charge < -0.3 is 10.1 Å². The van der Waals surface area contributed by atoms with Crippen molar-refractivity contribution in [2.24, 2.45) is 0 Å². The number of esters is 1. The summed E-state index contributed by atoms with van der Waals surface area (Å²) < 4.78 is 4.71. The number of hydrogen-bond donors (Lipinski definition) is 1. The second kappa shape index (κ2) is 9.84. The highest BCUT2D eigenvalue weighted by atomic mass is 35.5. The van der Waals surface area contributed by atoms with Crippen molar-refractivity contribution in [2.75, 3.05) is 12.4 Å². The Kier molecular flexibility index (Phi) is 7.20. The quantitative estimate of drug-likeness (QED) is 0.246. The molecule has 0 aromatic heterocycles. The smallest absolute Gasteiger partial charge is 0.337 e.